The second kappa shape index (κ2) is 12.3. The van der Waals surface area contributed by atoms with E-state index in [9.17, 15) is 0 Å². The smallest absolute Gasteiger partial charge is 0.0587 e. The van der Waals surface area contributed by atoms with Gasteiger partial charge in [-0.1, -0.05) is 33.1 Å². The average molecular weight is 244 g/mol. The fraction of sp³-hybridized carbons (Fsp3) is 1.00. The van der Waals surface area contributed by atoms with E-state index in [-0.39, 0.29) is 0 Å². The van der Waals surface area contributed by atoms with Gasteiger partial charge in [0.05, 0.1) is 6.61 Å². The molecule has 0 aliphatic carbocycles. The first-order valence-corrected chi connectivity index (χ1v) is 7.12. The van der Waals surface area contributed by atoms with E-state index in [1.807, 2.05) is 0 Å². The second-order valence-electron chi connectivity index (χ2n) is 4.92. The van der Waals surface area contributed by atoms with Gasteiger partial charge in [-0.05, 0) is 19.4 Å². The van der Waals surface area contributed by atoms with Crippen molar-refractivity contribution in [2.45, 2.75) is 39.5 Å². The topological polar surface area (TPSA) is 24.5 Å². The lowest BCUT2D eigenvalue weighted by molar-refractivity contribution is 0.196. The van der Waals surface area contributed by atoms with E-state index in [4.69, 9.17) is 4.74 Å². The van der Waals surface area contributed by atoms with Gasteiger partial charge in [0.2, 0.25) is 0 Å². The van der Waals surface area contributed by atoms with Crippen LogP contribution in [-0.4, -0.2) is 51.8 Å². The number of unbranched alkanes of at least 4 members (excludes halogenated alkanes) is 1. The third-order valence-electron chi connectivity index (χ3n) is 3.27. The number of hydrogen-bond acceptors (Lipinski definition) is 3. The molecule has 17 heavy (non-hydrogen) atoms. The molecule has 0 amide bonds. The van der Waals surface area contributed by atoms with E-state index in [2.05, 4.69) is 31.1 Å². The van der Waals surface area contributed by atoms with E-state index in [0.29, 0.717) is 0 Å². The molecule has 1 unspecified atom stereocenters. The van der Waals surface area contributed by atoms with Crippen LogP contribution in [0.15, 0.2) is 0 Å². The van der Waals surface area contributed by atoms with Crippen molar-refractivity contribution >= 4 is 0 Å². The monoisotopic (exact) mass is 244 g/mol. The Morgan fingerprint density at radius 2 is 2.00 bits per heavy atom. The Morgan fingerprint density at radius 3 is 2.59 bits per heavy atom. The molecule has 0 bridgehead atoms. The number of nitrogens with one attached hydrogen (secondary N) is 1. The van der Waals surface area contributed by atoms with Gasteiger partial charge in [-0.2, -0.15) is 0 Å². The lowest BCUT2D eigenvalue weighted by Crippen LogP contribution is -2.33. The molecule has 0 aromatic carbocycles. The van der Waals surface area contributed by atoms with Crippen molar-refractivity contribution in [2.24, 2.45) is 5.92 Å². The molecule has 0 rings (SSSR count). The molecule has 3 nitrogen and oxygen atoms in total. The van der Waals surface area contributed by atoms with E-state index in [1.54, 1.807) is 7.11 Å². The molecule has 0 aromatic heterocycles. The summed E-state index contributed by atoms with van der Waals surface area (Å²) in [7, 11) is 3.97. The summed E-state index contributed by atoms with van der Waals surface area (Å²) in [4.78, 5) is 2.45. The van der Waals surface area contributed by atoms with E-state index in [1.165, 1.54) is 32.2 Å². The van der Waals surface area contributed by atoms with Crippen LogP contribution in [0.1, 0.15) is 39.5 Å². The van der Waals surface area contributed by atoms with Gasteiger partial charge in [-0.15, -0.1) is 0 Å². The third-order valence-corrected chi connectivity index (χ3v) is 3.27. The molecule has 0 aliphatic rings. The van der Waals surface area contributed by atoms with Gasteiger partial charge in [0, 0.05) is 33.3 Å². The summed E-state index contributed by atoms with van der Waals surface area (Å²) >= 11 is 0. The van der Waals surface area contributed by atoms with Gasteiger partial charge in [0.1, 0.15) is 0 Å². The minimum absolute atomic E-state index is 0.803. The Balaban J connectivity index is 3.49. The van der Waals surface area contributed by atoms with Crippen LogP contribution < -0.4 is 5.32 Å². The Bertz CT molecular complexity index is 153. The maximum atomic E-state index is 5.00. The highest BCUT2D eigenvalue weighted by Crippen LogP contribution is 2.13. The summed E-state index contributed by atoms with van der Waals surface area (Å²) in [6.07, 6.45) is 5.38. The minimum atomic E-state index is 0.803. The third kappa shape index (κ3) is 10.7. The summed E-state index contributed by atoms with van der Waals surface area (Å²) in [6.45, 7) is 9.77. The number of likely N-dealkylation sites (N-methyl/N-ethyl adjacent to an activating group) is 1. The van der Waals surface area contributed by atoms with Crippen LogP contribution in [0.3, 0.4) is 0 Å². The molecule has 0 aliphatic heterocycles. The summed E-state index contributed by atoms with van der Waals surface area (Å²) in [5.74, 6) is 0.874. The minimum Gasteiger partial charge on any atom is -0.383 e. The second-order valence-corrected chi connectivity index (χ2v) is 4.92. The first-order valence-electron chi connectivity index (χ1n) is 7.12. The number of ether oxygens (including phenoxy) is 1. The maximum Gasteiger partial charge on any atom is 0.0587 e. The van der Waals surface area contributed by atoms with Crippen LogP contribution in [0.4, 0.5) is 0 Å². The lowest BCUT2D eigenvalue weighted by Gasteiger charge is -2.23. The lowest BCUT2D eigenvalue weighted by atomic mass is 9.99. The summed E-state index contributed by atoms with van der Waals surface area (Å²) in [5, 5.41) is 3.38. The number of methoxy groups -OCH3 is 1. The predicted molar refractivity (Wildman–Crippen MR) is 75.5 cm³/mol. The largest absolute Gasteiger partial charge is 0.383 e. The van der Waals surface area contributed by atoms with E-state index in [0.717, 1.165) is 32.2 Å². The molecular weight excluding hydrogens is 212 g/mol. The molecule has 104 valence electrons. The predicted octanol–water partition coefficient (Wildman–Crippen LogP) is 2.37. The van der Waals surface area contributed by atoms with Gasteiger partial charge >= 0.3 is 0 Å². The van der Waals surface area contributed by atoms with Gasteiger partial charge < -0.3 is 15.0 Å². The maximum absolute atomic E-state index is 5.00. The number of rotatable bonds is 12. The Labute approximate surface area is 108 Å². The molecule has 1 N–H and O–H groups in total. The fourth-order valence-electron chi connectivity index (χ4n) is 2.02. The zero-order chi connectivity index (χ0) is 12.9. The highest BCUT2D eigenvalue weighted by atomic mass is 16.5. The summed E-state index contributed by atoms with van der Waals surface area (Å²) in [6, 6.07) is 0. The van der Waals surface area contributed by atoms with Crippen molar-refractivity contribution in [1.29, 1.82) is 0 Å². The summed E-state index contributed by atoms with van der Waals surface area (Å²) < 4.78 is 5.00. The Hall–Kier alpha value is -0.120. The quantitative estimate of drug-likeness (QED) is 0.533. The summed E-state index contributed by atoms with van der Waals surface area (Å²) in [5.41, 5.74) is 0. The molecule has 0 saturated heterocycles. The molecular formula is C14H32N2O. The highest BCUT2D eigenvalue weighted by molar-refractivity contribution is 4.63. The first kappa shape index (κ1) is 16.9. The van der Waals surface area contributed by atoms with Gasteiger partial charge in [0.15, 0.2) is 0 Å². The van der Waals surface area contributed by atoms with Crippen LogP contribution in [0.25, 0.3) is 0 Å². The van der Waals surface area contributed by atoms with Crippen molar-refractivity contribution in [2.75, 3.05) is 46.9 Å². The van der Waals surface area contributed by atoms with Crippen molar-refractivity contribution in [3.05, 3.63) is 0 Å². The molecule has 0 radical (unpaired) electrons. The van der Waals surface area contributed by atoms with Gasteiger partial charge in [-0.3, -0.25) is 0 Å². The van der Waals surface area contributed by atoms with Crippen LogP contribution in [0.2, 0.25) is 0 Å². The van der Waals surface area contributed by atoms with E-state index >= 15 is 0 Å². The van der Waals surface area contributed by atoms with E-state index < -0.39 is 0 Å². The van der Waals surface area contributed by atoms with Crippen molar-refractivity contribution in [3.63, 3.8) is 0 Å². The van der Waals surface area contributed by atoms with Crippen LogP contribution in [0.5, 0.6) is 0 Å². The van der Waals surface area contributed by atoms with Crippen LogP contribution >= 0.6 is 0 Å². The normalized spacial score (nSPS) is 13.2. The molecule has 0 aromatic rings. The van der Waals surface area contributed by atoms with Crippen molar-refractivity contribution < 1.29 is 4.74 Å². The Morgan fingerprint density at radius 1 is 1.24 bits per heavy atom. The van der Waals surface area contributed by atoms with Gasteiger partial charge in [-0.25, -0.2) is 0 Å². The molecule has 0 heterocycles. The molecule has 1 atom stereocenters. The highest BCUT2D eigenvalue weighted by Gasteiger charge is 2.08. The van der Waals surface area contributed by atoms with Crippen LogP contribution in [0, 0.1) is 5.92 Å². The zero-order valence-corrected chi connectivity index (χ0v) is 12.3. The first-order chi connectivity index (χ1) is 8.24. The number of hydrogen-bond donors (Lipinski definition) is 1. The van der Waals surface area contributed by atoms with Crippen molar-refractivity contribution in [1.82, 2.24) is 10.2 Å². The van der Waals surface area contributed by atoms with Gasteiger partial charge in [0.25, 0.3) is 0 Å². The molecule has 3 heteroatoms. The van der Waals surface area contributed by atoms with Crippen LogP contribution in [-0.2, 0) is 4.74 Å². The molecule has 0 spiro atoms. The average Bonchev–Trinajstić information content (AvgIpc) is 2.34. The van der Waals surface area contributed by atoms with Crippen molar-refractivity contribution in [3.8, 4) is 0 Å². The Kier molecular flexibility index (Phi) is 12.3. The number of nitrogens with zero attached hydrogens (tertiary/aromatic N) is 1. The molecule has 0 saturated carbocycles. The standard InChI is InChI=1S/C14H32N2O/c1-5-7-8-14(6-2)13-16(3)11-9-15-10-12-17-4/h14-15H,5-13H2,1-4H3. The SMILES string of the molecule is CCCCC(CC)CN(C)CCNCCOC. The fourth-order valence-corrected chi connectivity index (χ4v) is 2.02. The molecule has 0 fully saturated rings. The zero-order valence-electron chi connectivity index (χ0n) is 12.3.